The molecule has 3 heterocycles. The number of hydrogen-bond donors (Lipinski definition) is 0. The molecule has 2 aliphatic heterocycles. The van der Waals surface area contributed by atoms with E-state index in [4.69, 9.17) is 0 Å². The SMILES string of the molecule is CC.CN1C2CCC1CN(Cc1nccn1C)C2. The summed E-state index contributed by atoms with van der Waals surface area (Å²) in [5.41, 5.74) is 0. The molecule has 18 heavy (non-hydrogen) atoms. The summed E-state index contributed by atoms with van der Waals surface area (Å²) >= 11 is 0. The number of fused-ring (bicyclic) bond motifs is 2. The summed E-state index contributed by atoms with van der Waals surface area (Å²) in [5.74, 6) is 1.18. The second kappa shape index (κ2) is 5.85. The summed E-state index contributed by atoms with van der Waals surface area (Å²) in [5, 5.41) is 0. The minimum Gasteiger partial charge on any atom is -0.337 e. The Hall–Kier alpha value is -0.870. The van der Waals surface area contributed by atoms with E-state index in [1.54, 1.807) is 0 Å². The minimum absolute atomic E-state index is 0.777. The Morgan fingerprint density at radius 2 is 1.78 bits per heavy atom. The van der Waals surface area contributed by atoms with Crippen molar-refractivity contribution in [3.05, 3.63) is 18.2 Å². The summed E-state index contributed by atoms with van der Waals surface area (Å²) < 4.78 is 2.13. The van der Waals surface area contributed by atoms with Crippen molar-refractivity contribution < 1.29 is 0 Å². The standard InChI is InChI=1S/C12H20N4.C2H6/c1-14-6-5-13-12(14)9-16-7-10-3-4-11(8-16)15(10)2;1-2/h5-6,10-11H,3-4,7-9H2,1-2H3;1-2H3. The molecule has 0 radical (unpaired) electrons. The summed E-state index contributed by atoms with van der Waals surface area (Å²) in [6, 6.07) is 1.55. The van der Waals surface area contributed by atoms with Gasteiger partial charge in [-0.25, -0.2) is 4.98 Å². The fourth-order valence-corrected chi connectivity index (χ4v) is 3.08. The van der Waals surface area contributed by atoms with Gasteiger partial charge < -0.3 is 4.57 Å². The van der Waals surface area contributed by atoms with Gasteiger partial charge in [-0.15, -0.1) is 0 Å². The van der Waals surface area contributed by atoms with Crippen molar-refractivity contribution in [1.29, 1.82) is 0 Å². The van der Waals surface area contributed by atoms with Crippen LogP contribution in [0.2, 0.25) is 0 Å². The smallest absolute Gasteiger partial charge is 0.122 e. The average Bonchev–Trinajstić information content (AvgIpc) is 2.85. The predicted octanol–water partition coefficient (Wildman–Crippen LogP) is 1.72. The highest BCUT2D eigenvalue weighted by molar-refractivity contribution is 4.97. The normalized spacial score (nSPS) is 28.0. The molecule has 0 aromatic carbocycles. The topological polar surface area (TPSA) is 24.3 Å². The Morgan fingerprint density at radius 1 is 1.17 bits per heavy atom. The molecule has 0 saturated carbocycles. The lowest BCUT2D eigenvalue weighted by Gasteiger charge is -2.38. The molecule has 2 bridgehead atoms. The molecular weight excluding hydrogens is 224 g/mol. The fraction of sp³-hybridized carbons (Fsp3) is 0.786. The molecule has 0 spiro atoms. The van der Waals surface area contributed by atoms with E-state index in [2.05, 4.69) is 33.4 Å². The van der Waals surface area contributed by atoms with Gasteiger partial charge in [-0.2, -0.15) is 0 Å². The number of likely N-dealkylation sites (tertiary alicyclic amines) is 1. The quantitative estimate of drug-likeness (QED) is 0.799. The Bertz CT molecular complexity index is 360. The van der Waals surface area contributed by atoms with Crippen molar-refractivity contribution in [1.82, 2.24) is 19.4 Å². The third kappa shape index (κ3) is 2.59. The number of nitrogens with zero attached hydrogens (tertiary/aromatic N) is 4. The fourth-order valence-electron chi connectivity index (χ4n) is 3.08. The molecule has 2 saturated heterocycles. The second-order valence-electron chi connectivity index (χ2n) is 5.20. The lowest BCUT2D eigenvalue weighted by molar-refractivity contribution is 0.0814. The van der Waals surface area contributed by atoms with E-state index in [0.29, 0.717) is 0 Å². The maximum atomic E-state index is 4.41. The van der Waals surface area contributed by atoms with E-state index >= 15 is 0 Å². The molecule has 0 aliphatic carbocycles. The Morgan fingerprint density at radius 3 is 2.28 bits per heavy atom. The molecule has 2 unspecified atom stereocenters. The van der Waals surface area contributed by atoms with Gasteiger partial charge in [0, 0.05) is 44.6 Å². The van der Waals surface area contributed by atoms with Crippen LogP contribution in [0.25, 0.3) is 0 Å². The van der Waals surface area contributed by atoms with Crippen LogP contribution < -0.4 is 0 Å². The lowest BCUT2D eigenvalue weighted by atomic mass is 10.2. The van der Waals surface area contributed by atoms with Crippen LogP contribution >= 0.6 is 0 Å². The van der Waals surface area contributed by atoms with Gasteiger partial charge in [0.2, 0.25) is 0 Å². The second-order valence-corrected chi connectivity index (χ2v) is 5.20. The van der Waals surface area contributed by atoms with Crippen molar-refractivity contribution >= 4 is 0 Å². The zero-order valence-electron chi connectivity index (χ0n) is 12.1. The first-order chi connectivity index (χ1) is 8.74. The van der Waals surface area contributed by atoms with Crippen molar-refractivity contribution in [3.63, 3.8) is 0 Å². The summed E-state index contributed by atoms with van der Waals surface area (Å²) in [6.45, 7) is 7.42. The van der Waals surface area contributed by atoms with Crippen LogP contribution in [0.5, 0.6) is 0 Å². The van der Waals surface area contributed by atoms with Crippen LogP contribution in [-0.2, 0) is 13.6 Å². The number of imidazole rings is 1. The van der Waals surface area contributed by atoms with Gasteiger partial charge in [0.1, 0.15) is 5.82 Å². The summed E-state index contributed by atoms with van der Waals surface area (Å²) in [6.07, 6.45) is 6.66. The van der Waals surface area contributed by atoms with Crippen LogP contribution in [-0.4, -0.2) is 51.6 Å². The summed E-state index contributed by atoms with van der Waals surface area (Å²) in [4.78, 5) is 9.53. The largest absolute Gasteiger partial charge is 0.337 e. The van der Waals surface area contributed by atoms with E-state index in [1.807, 2.05) is 26.2 Å². The molecule has 102 valence electrons. The number of rotatable bonds is 2. The maximum Gasteiger partial charge on any atom is 0.122 e. The first-order valence-electron chi connectivity index (χ1n) is 7.14. The van der Waals surface area contributed by atoms with Crippen molar-refractivity contribution in [2.24, 2.45) is 7.05 Å². The van der Waals surface area contributed by atoms with E-state index < -0.39 is 0 Å². The minimum atomic E-state index is 0.777. The molecule has 0 N–H and O–H groups in total. The van der Waals surface area contributed by atoms with Crippen molar-refractivity contribution in [2.45, 2.75) is 45.3 Å². The van der Waals surface area contributed by atoms with Crippen molar-refractivity contribution in [3.8, 4) is 0 Å². The summed E-state index contributed by atoms with van der Waals surface area (Å²) in [7, 11) is 4.35. The highest BCUT2D eigenvalue weighted by atomic mass is 15.3. The van der Waals surface area contributed by atoms with Crippen LogP contribution in [0.1, 0.15) is 32.5 Å². The molecule has 1 aromatic heterocycles. The molecule has 4 heteroatoms. The molecule has 2 atom stereocenters. The number of hydrogen-bond acceptors (Lipinski definition) is 3. The lowest BCUT2D eigenvalue weighted by Crippen LogP contribution is -2.51. The number of aromatic nitrogens is 2. The van der Waals surface area contributed by atoms with Gasteiger partial charge >= 0.3 is 0 Å². The number of piperazine rings is 1. The first kappa shape index (κ1) is 13.6. The van der Waals surface area contributed by atoms with Crippen LogP contribution in [0.15, 0.2) is 12.4 Å². The van der Waals surface area contributed by atoms with Crippen LogP contribution in [0, 0.1) is 0 Å². The molecule has 1 aromatic rings. The monoisotopic (exact) mass is 250 g/mol. The molecule has 3 rings (SSSR count). The zero-order valence-corrected chi connectivity index (χ0v) is 12.1. The maximum absolute atomic E-state index is 4.41. The van der Waals surface area contributed by atoms with Gasteiger partial charge in [0.05, 0.1) is 6.54 Å². The Balaban J connectivity index is 0.000000574. The van der Waals surface area contributed by atoms with E-state index in [1.165, 1.54) is 31.8 Å². The highest BCUT2D eigenvalue weighted by Crippen LogP contribution is 2.28. The number of likely N-dealkylation sites (N-methyl/N-ethyl adjacent to an activating group) is 1. The molecule has 0 amide bonds. The Kier molecular flexibility index (Phi) is 4.40. The highest BCUT2D eigenvalue weighted by Gasteiger charge is 2.37. The average molecular weight is 250 g/mol. The third-order valence-electron chi connectivity index (χ3n) is 4.21. The van der Waals surface area contributed by atoms with Crippen LogP contribution in [0.4, 0.5) is 0 Å². The molecule has 2 aliphatic rings. The van der Waals surface area contributed by atoms with Gasteiger partial charge in [0.15, 0.2) is 0 Å². The Labute approximate surface area is 111 Å². The molecule has 4 nitrogen and oxygen atoms in total. The van der Waals surface area contributed by atoms with Crippen molar-refractivity contribution in [2.75, 3.05) is 20.1 Å². The molecular formula is C14H26N4. The van der Waals surface area contributed by atoms with Crippen LogP contribution in [0.3, 0.4) is 0 Å². The van der Waals surface area contributed by atoms with Gasteiger partial charge in [0.25, 0.3) is 0 Å². The first-order valence-corrected chi connectivity index (χ1v) is 7.14. The van der Waals surface area contributed by atoms with E-state index in [0.717, 1.165) is 18.6 Å². The zero-order chi connectivity index (χ0) is 13.1. The third-order valence-corrected chi connectivity index (χ3v) is 4.21. The predicted molar refractivity (Wildman–Crippen MR) is 74.4 cm³/mol. The van der Waals surface area contributed by atoms with Gasteiger partial charge in [-0.05, 0) is 19.9 Å². The van der Waals surface area contributed by atoms with E-state index in [-0.39, 0.29) is 0 Å². The van der Waals surface area contributed by atoms with Gasteiger partial charge in [-0.1, -0.05) is 13.8 Å². The molecule has 2 fully saturated rings. The van der Waals surface area contributed by atoms with E-state index in [9.17, 15) is 0 Å². The van der Waals surface area contributed by atoms with Gasteiger partial charge in [-0.3, -0.25) is 9.80 Å². The number of aryl methyl sites for hydroxylation is 1.